The Morgan fingerprint density at radius 2 is 2.27 bits per heavy atom. The van der Waals surface area contributed by atoms with Gasteiger partial charge in [0.15, 0.2) is 0 Å². The van der Waals surface area contributed by atoms with Gasteiger partial charge in [0.1, 0.15) is 5.82 Å². The van der Waals surface area contributed by atoms with Gasteiger partial charge in [0.25, 0.3) is 0 Å². The Labute approximate surface area is 157 Å². The van der Waals surface area contributed by atoms with Gasteiger partial charge in [0.2, 0.25) is 5.91 Å². The number of hydrogen-bond donors (Lipinski definition) is 1. The van der Waals surface area contributed by atoms with E-state index in [2.05, 4.69) is 31.6 Å². The molecule has 0 spiro atoms. The van der Waals surface area contributed by atoms with Gasteiger partial charge >= 0.3 is 0 Å². The van der Waals surface area contributed by atoms with Gasteiger partial charge in [-0.1, -0.05) is 6.07 Å². The number of carbonyl (C=O) groups is 1. The summed E-state index contributed by atoms with van der Waals surface area (Å²) in [6, 6.07) is 8.02. The predicted octanol–water partition coefficient (Wildman–Crippen LogP) is 3.79. The van der Waals surface area contributed by atoms with E-state index in [1.54, 1.807) is 23.7 Å². The molecule has 4 rings (SSSR count). The zero-order valence-corrected chi connectivity index (χ0v) is 15.6. The molecule has 1 amide bonds. The lowest BCUT2D eigenvalue weighted by atomic mass is 9.96. The minimum absolute atomic E-state index is 0.0152. The van der Waals surface area contributed by atoms with E-state index in [1.807, 2.05) is 31.3 Å². The van der Waals surface area contributed by atoms with Crippen molar-refractivity contribution in [3.63, 3.8) is 0 Å². The van der Waals surface area contributed by atoms with Gasteiger partial charge in [-0.3, -0.25) is 9.78 Å². The second kappa shape index (κ2) is 7.41. The van der Waals surface area contributed by atoms with E-state index in [4.69, 9.17) is 0 Å². The largest absolute Gasteiger partial charge is 0.355 e. The molecular weight excluding hydrogens is 344 g/mol. The molecule has 3 aromatic rings. The molecule has 0 aliphatic carbocycles. The van der Waals surface area contributed by atoms with Crippen molar-refractivity contribution in [3.05, 3.63) is 53.8 Å². The number of rotatable bonds is 4. The van der Waals surface area contributed by atoms with Crippen LogP contribution >= 0.6 is 11.3 Å². The predicted molar refractivity (Wildman–Crippen MR) is 105 cm³/mol. The molecule has 6 heteroatoms. The second-order valence-electron chi connectivity index (χ2n) is 6.77. The van der Waals surface area contributed by atoms with Gasteiger partial charge in [-0.25, -0.2) is 4.98 Å². The lowest BCUT2D eigenvalue weighted by molar-refractivity contribution is -0.125. The molecule has 0 aromatic carbocycles. The smallest absolute Gasteiger partial charge is 0.225 e. The van der Waals surface area contributed by atoms with Crippen LogP contribution in [0, 0.1) is 5.92 Å². The summed E-state index contributed by atoms with van der Waals surface area (Å²) in [6.07, 6.45) is 7.33. The van der Waals surface area contributed by atoms with E-state index in [1.165, 1.54) is 10.1 Å². The van der Waals surface area contributed by atoms with Gasteiger partial charge in [-0.15, -0.1) is 11.3 Å². The summed E-state index contributed by atoms with van der Waals surface area (Å²) in [4.78, 5) is 23.8. The molecule has 1 aliphatic heterocycles. The highest BCUT2D eigenvalue weighted by Gasteiger charge is 2.28. The number of fused-ring (bicyclic) bond motifs is 1. The fourth-order valence-corrected chi connectivity index (χ4v) is 4.34. The van der Waals surface area contributed by atoms with E-state index in [-0.39, 0.29) is 17.9 Å². The Kier molecular flexibility index (Phi) is 4.84. The number of nitrogens with one attached hydrogen (secondary N) is 1. The highest BCUT2D eigenvalue weighted by atomic mass is 32.1. The third-order valence-electron chi connectivity index (χ3n) is 4.99. The van der Waals surface area contributed by atoms with E-state index in [0.717, 1.165) is 30.8 Å². The summed E-state index contributed by atoms with van der Waals surface area (Å²) in [7, 11) is 0. The molecule has 1 saturated heterocycles. The number of amides is 1. The maximum absolute atomic E-state index is 12.8. The second-order valence-corrected chi connectivity index (χ2v) is 7.72. The molecule has 0 bridgehead atoms. The number of hydrogen-bond acceptors (Lipinski definition) is 5. The lowest BCUT2D eigenvalue weighted by Crippen LogP contribution is -2.44. The maximum Gasteiger partial charge on any atom is 0.225 e. The minimum Gasteiger partial charge on any atom is -0.355 e. The van der Waals surface area contributed by atoms with Crippen LogP contribution in [-0.4, -0.2) is 29.0 Å². The maximum atomic E-state index is 12.8. The molecule has 5 nitrogen and oxygen atoms in total. The van der Waals surface area contributed by atoms with E-state index >= 15 is 0 Å². The van der Waals surface area contributed by atoms with Crippen LogP contribution in [0.5, 0.6) is 0 Å². The number of carbonyl (C=O) groups excluding carboxylic acids is 1. The first kappa shape index (κ1) is 17.0. The van der Waals surface area contributed by atoms with Crippen molar-refractivity contribution < 1.29 is 4.79 Å². The van der Waals surface area contributed by atoms with Crippen LogP contribution in [0.4, 0.5) is 5.82 Å². The van der Waals surface area contributed by atoms with E-state index in [9.17, 15) is 4.79 Å². The van der Waals surface area contributed by atoms with Crippen molar-refractivity contribution in [3.8, 4) is 0 Å². The monoisotopic (exact) mass is 366 g/mol. The fraction of sp³-hybridized carbons (Fsp3) is 0.350. The number of piperidine rings is 1. The van der Waals surface area contributed by atoms with Crippen molar-refractivity contribution in [2.75, 3.05) is 18.0 Å². The Morgan fingerprint density at radius 1 is 1.35 bits per heavy atom. The molecule has 0 unspecified atom stereocenters. The van der Waals surface area contributed by atoms with Gasteiger partial charge in [0, 0.05) is 41.8 Å². The Bertz CT molecular complexity index is 895. The Balaban J connectivity index is 1.46. The summed E-state index contributed by atoms with van der Waals surface area (Å²) in [6.45, 7) is 3.67. The summed E-state index contributed by atoms with van der Waals surface area (Å²) >= 11 is 1.73. The van der Waals surface area contributed by atoms with Crippen LogP contribution in [0.15, 0.2) is 48.2 Å². The molecule has 1 N–H and O–H groups in total. The van der Waals surface area contributed by atoms with Crippen molar-refractivity contribution in [2.24, 2.45) is 5.92 Å². The SMILES string of the molecule is C[C@@H](NC(=O)[C@@H]1CCCN(c2nccc3sccc23)C1)c1cccnc1. The number of pyridine rings is 2. The molecule has 3 aromatic heterocycles. The minimum atomic E-state index is -0.0370. The normalized spacial score (nSPS) is 18.7. The molecule has 4 heterocycles. The molecular formula is C20H22N4OS. The quantitative estimate of drug-likeness (QED) is 0.763. The number of thiophene rings is 1. The fourth-order valence-electron chi connectivity index (χ4n) is 3.56. The summed E-state index contributed by atoms with van der Waals surface area (Å²) < 4.78 is 1.24. The number of anilines is 1. The van der Waals surface area contributed by atoms with E-state index < -0.39 is 0 Å². The van der Waals surface area contributed by atoms with Crippen LogP contribution < -0.4 is 10.2 Å². The standard InChI is InChI=1S/C20H22N4OS/c1-14(15-4-2-8-21-12-15)23-20(25)16-5-3-10-24(13-16)19-17-7-11-26-18(17)6-9-22-19/h2,4,6-9,11-12,14,16H,3,5,10,13H2,1H3,(H,23,25)/t14-,16-/m1/s1. The molecule has 0 radical (unpaired) electrons. The van der Waals surface area contributed by atoms with Gasteiger partial charge in [0.05, 0.1) is 12.0 Å². The van der Waals surface area contributed by atoms with Gasteiger partial charge in [-0.2, -0.15) is 0 Å². The van der Waals surface area contributed by atoms with Crippen LogP contribution in [-0.2, 0) is 4.79 Å². The molecule has 2 atom stereocenters. The lowest BCUT2D eigenvalue weighted by Gasteiger charge is -2.33. The number of aromatic nitrogens is 2. The molecule has 0 saturated carbocycles. The first-order valence-corrected chi connectivity index (χ1v) is 9.88. The highest BCUT2D eigenvalue weighted by Crippen LogP contribution is 2.31. The van der Waals surface area contributed by atoms with Crippen LogP contribution in [0.2, 0.25) is 0 Å². The highest BCUT2D eigenvalue weighted by molar-refractivity contribution is 7.17. The van der Waals surface area contributed by atoms with Crippen LogP contribution in [0.25, 0.3) is 10.1 Å². The Morgan fingerprint density at radius 3 is 3.12 bits per heavy atom. The molecule has 134 valence electrons. The average molecular weight is 366 g/mol. The molecule has 26 heavy (non-hydrogen) atoms. The Hall–Kier alpha value is -2.47. The van der Waals surface area contributed by atoms with E-state index in [0.29, 0.717) is 6.54 Å². The third-order valence-corrected chi connectivity index (χ3v) is 5.88. The summed E-state index contributed by atoms with van der Waals surface area (Å²) in [5.41, 5.74) is 1.03. The van der Waals surface area contributed by atoms with Crippen LogP contribution in [0.3, 0.4) is 0 Å². The third kappa shape index (κ3) is 3.42. The molecule has 1 fully saturated rings. The van der Waals surface area contributed by atoms with Crippen LogP contribution in [0.1, 0.15) is 31.4 Å². The van der Waals surface area contributed by atoms with Gasteiger partial charge in [-0.05, 0) is 48.9 Å². The summed E-state index contributed by atoms with van der Waals surface area (Å²) in [5, 5.41) is 6.43. The average Bonchev–Trinajstić information content (AvgIpc) is 3.17. The zero-order valence-electron chi connectivity index (χ0n) is 14.8. The number of nitrogens with zero attached hydrogens (tertiary/aromatic N) is 3. The van der Waals surface area contributed by atoms with Crippen molar-refractivity contribution in [2.45, 2.75) is 25.8 Å². The van der Waals surface area contributed by atoms with Gasteiger partial charge < -0.3 is 10.2 Å². The first-order valence-electron chi connectivity index (χ1n) is 9.00. The van der Waals surface area contributed by atoms with Crippen molar-refractivity contribution >= 4 is 33.1 Å². The van der Waals surface area contributed by atoms with Crippen molar-refractivity contribution in [1.82, 2.24) is 15.3 Å². The zero-order chi connectivity index (χ0) is 17.9. The summed E-state index contributed by atoms with van der Waals surface area (Å²) in [5.74, 6) is 1.10. The molecule has 1 aliphatic rings. The topological polar surface area (TPSA) is 58.1 Å². The van der Waals surface area contributed by atoms with Crippen molar-refractivity contribution in [1.29, 1.82) is 0 Å². The first-order chi connectivity index (χ1) is 12.7.